The lowest BCUT2D eigenvalue weighted by molar-refractivity contribution is -0.136. The van der Waals surface area contributed by atoms with Crippen molar-refractivity contribution in [3.63, 3.8) is 0 Å². The number of hydrogen-bond acceptors (Lipinski definition) is 5. The van der Waals surface area contributed by atoms with E-state index in [1.807, 2.05) is 36.4 Å². The van der Waals surface area contributed by atoms with Crippen LogP contribution < -0.4 is 10.6 Å². The molecular weight excluding hydrogens is 400 g/mol. The number of aromatic nitrogens is 2. The molecule has 9 heteroatoms. The summed E-state index contributed by atoms with van der Waals surface area (Å²) in [6.07, 6.45) is -0.878. The van der Waals surface area contributed by atoms with Gasteiger partial charge in [0.25, 0.3) is 5.91 Å². The molecule has 3 aromatic rings. The number of nitrogens with zero attached hydrogens (tertiary/aromatic N) is 1. The molecule has 1 aliphatic rings. The number of amides is 2. The third kappa shape index (κ3) is 4.40. The Morgan fingerprint density at radius 1 is 1.03 bits per heavy atom. The summed E-state index contributed by atoms with van der Waals surface area (Å²) >= 11 is 0. The summed E-state index contributed by atoms with van der Waals surface area (Å²) in [5.74, 6) is -1.47. The predicted octanol–water partition coefficient (Wildman–Crippen LogP) is 2.98. The number of rotatable bonds is 7. The van der Waals surface area contributed by atoms with Gasteiger partial charge in [-0.2, -0.15) is 5.10 Å². The number of carboxylic acids is 1. The Morgan fingerprint density at radius 2 is 1.68 bits per heavy atom. The van der Waals surface area contributed by atoms with Crippen molar-refractivity contribution in [1.29, 1.82) is 0 Å². The normalized spacial score (nSPS) is 12.0. The van der Waals surface area contributed by atoms with Gasteiger partial charge in [-0.25, -0.2) is 4.79 Å². The van der Waals surface area contributed by atoms with Gasteiger partial charge in [-0.3, -0.25) is 20.0 Å². The number of carboxylic acid groups (broad SMARTS) is 1. The van der Waals surface area contributed by atoms with Crippen LogP contribution in [0.1, 0.15) is 34.0 Å². The second-order valence-electron chi connectivity index (χ2n) is 7.02. The number of nitrogens with one attached hydrogen (secondary N) is 3. The van der Waals surface area contributed by atoms with Gasteiger partial charge >= 0.3 is 12.1 Å². The second kappa shape index (κ2) is 8.70. The molecule has 0 atom stereocenters. The van der Waals surface area contributed by atoms with Crippen LogP contribution in [-0.4, -0.2) is 46.4 Å². The van der Waals surface area contributed by atoms with Crippen molar-refractivity contribution in [1.82, 2.24) is 15.5 Å². The maximum absolute atomic E-state index is 12.3. The van der Waals surface area contributed by atoms with Crippen LogP contribution in [0.25, 0.3) is 11.1 Å². The third-order valence-electron chi connectivity index (χ3n) is 5.02. The van der Waals surface area contributed by atoms with Crippen LogP contribution in [0.2, 0.25) is 0 Å². The minimum atomic E-state index is -1.01. The smallest absolute Gasteiger partial charge is 0.412 e. The van der Waals surface area contributed by atoms with E-state index in [0.29, 0.717) is 0 Å². The number of aromatic amines is 1. The van der Waals surface area contributed by atoms with Gasteiger partial charge in [-0.05, 0) is 22.3 Å². The molecule has 31 heavy (non-hydrogen) atoms. The number of carbonyl (C=O) groups is 3. The number of aliphatic carboxylic acids is 1. The fourth-order valence-corrected chi connectivity index (χ4v) is 3.62. The SMILES string of the molecule is O=C(O)CCNC(=O)c1cc(NC(=O)OCC2c3ccccc3-c3ccccc32)n[nH]1. The fourth-order valence-electron chi connectivity index (χ4n) is 3.62. The van der Waals surface area contributed by atoms with Crippen molar-refractivity contribution in [3.8, 4) is 11.1 Å². The highest BCUT2D eigenvalue weighted by molar-refractivity contribution is 5.94. The van der Waals surface area contributed by atoms with Crippen LogP contribution in [0.15, 0.2) is 54.6 Å². The summed E-state index contributed by atoms with van der Waals surface area (Å²) in [5.41, 5.74) is 4.59. The zero-order chi connectivity index (χ0) is 21.8. The van der Waals surface area contributed by atoms with Crippen molar-refractivity contribution < 1.29 is 24.2 Å². The topological polar surface area (TPSA) is 133 Å². The molecule has 0 saturated heterocycles. The van der Waals surface area contributed by atoms with Gasteiger partial charge < -0.3 is 15.2 Å². The summed E-state index contributed by atoms with van der Waals surface area (Å²) in [7, 11) is 0. The Hall–Kier alpha value is -4.14. The first-order chi connectivity index (χ1) is 15.0. The van der Waals surface area contributed by atoms with Crippen molar-refractivity contribution in [2.24, 2.45) is 0 Å². The van der Waals surface area contributed by atoms with Gasteiger partial charge in [0.1, 0.15) is 12.3 Å². The molecule has 158 valence electrons. The lowest BCUT2D eigenvalue weighted by Crippen LogP contribution is -2.26. The number of anilines is 1. The molecule has 1 aliphatic carbocycles. The Kier molecular flexibility index (Phi) is 5.65. The Labute approximate surface area is 177 Å². The quantitative estimate of drug-likeness (QED) is 0.464. The predicted molar refractivity (Wildman–Crippen MR) is 112 cm³/mol. The van der Waals surface area contributed by atoms with E-state index in [2.05, 4.69) is 33.0 Å². The zero-order valence-electron chi connectivity index (χ0n) is 16.4. The van der Waals surface area contributed by atoms with Gasteiger partial charge in [-0.1, -0.05) is 48.5 Å². The number of H-pyrrole nitrogens is 1. The highest BCUT2D eigenvalue weighted by Crippen LogP contribution is 2.44. The average molecular weight is 420 g/mol. The minimum absolute atomic E-state index is 0.0116. The van der Waals surface area contributed by atoms with E-state index in [9.17, 15) is 14.4 Å². The number of benzene rings is 2. The molecule has 9 nitrogen and oxygen atoms in total. The van der Waals surface area contributed by atoms with Gasteiger partial charge in [0.05, 0.1) is 6.42 Å². The van der Waals surface area contributed by atoms with E-state index in [1.54, 1.807) is 0 Å². The number of fused-ring (bicyclic) bond motifs is 3. The summed E-state index contributed by atoms with van der Waals surface area (Å²) in [6.45, 7) is 0.148. The number of hydrogen-bond donors (Lipinski definition) is 4. The van der Waals surface area contributed by atoms with Crippen LogP contribution in [0.3, 0.4) is 0 Å². The third-order valence-corrected chi connectivity index (χ3v) is 5.02. The van der Waals surface area contributed by atoms with Crippen LogP contribution in [0.4, 0.5) is 10.6 Å². The summed E-state index contributed by atoms with van der Waals surface area (Å²) in [5, 5.41) is 19.9. The van der Waals surface area contributed by atoms with Crippen LogP contribution in [-0.2, 0) is 9.53 Å². The average Bonchev–Trinajstić information content (AvgIpc) is 3.35. The van der Waals surface area contributed by atoms with Gasteiger partial charge in [0, 0.05) is 18.5 Å². The Bertz CT molecular complexity index is 1090. The van der Waals surface area contributed by atoms with Crippen LogP contribution >= 0.6 is 0 Å². The van der Waals surface area contributed by atoms with E-state index in [-0.39, 0.29) is 37.0 Å². The molecule has 1 heterocycles. The first-order valence-electron chi connectivity index (χ1n) is 9.70. The first kappa shape index (κ1) is 20.1. The van der Waals surface area contributed by atoms with Gasteiger partial charge in [0.2, 0.25) is 0 Å². The van der Waals surface area contributed by atoms with Gasteiger partial charge in [-0.15, -0.1) is 0 Å². The monoisotopic (exact) mass is 420 g/mol. The summed E-state index contributed by atoms with van der Waals surface area (Å²) in [6, 6.07) is 17.4. The van der Waals surface area contributed by atoms with Gasteiger partial charge in [0.15, 0.2) is 5.82 Å². The highest BCUT2D eigenvalue weighted by Gasteiger charge is 2.29. The molecule has 0 fully saturated rings. The van der Waals surface area contributed by atoms with E-state index in [0.717, 1.165) is 22.3 Å². The summed E-state index contributed by atoms with van der Waals surface area (Å²) < 4.78 is 5.43. The molecule has 1 aromatic heterocycles. The van der Waals surface area contributed by atoms with Crippen molar-refractivity contribution >= 4 is 23.8 Å². The summed E-state index contributed by atoms with van der Waals surface area (Å²) in [4.78, 5) is 34.7. The molecule has 0 unspecified atom stereocenters. The minimum Gasteiger partial charge on any atom is -0.481 e. The Morgan fingerprint density at radius 3 is 2.32 bits per heavy atom. The molecule has 0 radical (unpaired) electrons. The molecule has 4 N–H and O–H groups in total. The molecule has 0 saturated carbocycles. The van der Waals surface area contributed by atoms with E-state index < -0.39 is 18.0 Å². The van der Waals surface area contributed by atoms with E-state index >= 15 is 0 Å². The number of ether oxygens (including phenoxy) is 1. The lowest BCUT2D eigenvalue weighted by atomic mass is 9.98. The second-order valence-corrected chi connectivity index (χ2v) is 7.02. The fraction of sp³-hybridized carbons (Fsp3) is 0.182. The van der Waals surface area contributed by atoms with Crippen molar-refractivity contribution in [2.45, 2.75) is 12.3 Å². The molecule has 0 bridgehead atoms. The lowest BCUT2D eigenvalue weighted by Gasteiger charge is -2.14. The molecule has 4 rings (SSSR count). The van der Waals surface area contributed by atoms with Crippen molar-refractivity contribution in [2.75, 3.05) is 18.5 Å². The van der Waals surface area contributed by atoms with E-state index in [4.69, 9.17) is 9.84 Å². The maximum atomic E-state index is 12.3. The van der Waals surface area contributed by atoms with Crippen molar-refractivity contribution in [3.05, 3.63) is 71.4 Å². The zero-order valence-corrected chi connectivity index (χ0v) is 16.4. The standard InChI is InChI=1S/C22H20N4O5/c27-20(28)9-10-23-21(29)18-11-19(26-25-18)24-22(30)31-12-17-15-7-3-1-5-13(15)14-6-2-4-8-16(14)17/h1-8,11,17H,9-10,12H2,(H,23,29)(H,27,28)(H2,24,25,26,30). The number of carbonyl (C=O) groups excluding carboxylic acids is 2. The largest absolute Gasteiger partial charge is 0.481 e. The molecule has 0 spiro atoms. The highest BCUT2D eigenvalue weighted by atomic mass is 16.5. The first-order valence-corrected chi connectivity index (χ1v) is 9.70. The molecule has 2 aromatic carbocycles. The Balaban J connectivity index is 1.35. The van der Waals surface area contributed by atoms with Crippen LogP contribution in [0, 0.1) is 0 Å². The van der Waals surface area contributed by atoms with Crippen LogP contribution in [0.5, 0.6) is 0 Å². The maximum Gasteiger partial charge on any atom is 0.412 e. The molecular formula is C22H20N4O5. The van der Waals surface area contributed by atoms with E-state index in [1.165, 1.54) is 6.07 Å². The molecule has 2 amide bonds. The molecule has 0 aliphatic heterocycles.